The number of hydrogen-bond acceptors (Lipinski definition) is 5. The van der Waals surface area contributed by atoms with Crippen LogP contribution in [0.2, 0.25) is 0 Å². The van der Waals surface area contributed by atoms with E-state index in [0.29, 0.717) is 5.95 Å². The first kappa shape index (κ1) is 12.4. The Kier molecular flexibility index (Phi) is 3.66. The molecule has 0 aromatic carbocycles. The van der Waals surface area contributed by atoms with Gasteiger partial charge in [0, 0.05) is 13.1 Å². The minimum atomic E-state index is -0.0849. The first-order valence-corrected chi connectivity index (χ1v) is 6.60. The number of rotatable bonds is 5. The van der Waals surface area contributed by atoms with Gasteiger partial charge in [-0.15, -0.1) is 0 Å². The molecule has 1 aromatic rings. The number of aromatic nitrogens is 2. The highest BCUT2D eigenvalue weighted by Gasteiger charge is 2.39. The third kappa shape index (κ3) is 2.16. The molecule has 1 aliphatic rings. The zero-order chi connectivity index (χ0) is 12.3. The molecule has 5 nitrogen and oxygen atoms in total. The smallest absolute Gasteiger partial charge is 0.266 e. The predicted octanol–water partition coefficient (Wildman–Crippen LogP) is 1.90. The van der Waals surface area contributed by atoms with Crippen molar-refractivity contribution >= 4 is 5.95 Å². The van der Waals surface area contributed by atoms with E-state index in [0.717, 1.165) is 38.4 Å². The third-order valence-electron chi connectivity index (χ3n) is 3.72. The molecule has 1 N–H and O–H groups in total. The van der Waals surface area contributed by atoms with Gasteiger partial charge in [-0.25, -0.2) is 0 Å². The summed E-state index contributed by atoms with van der Waals surface area (Å²) in [6.45, 7) is 9.21. The van der Waals surface area contributed by atoms with Crippen LogP contribution in [0.25, 0.3) is 0 Å². The molecule has 2 rings (SSSR count). The van der Waals surface area contributed by atoms with E-state index in [4.69, 9.17) is 4.52 Å². The highest BCUT2D eigenvalue weighted by atomic mass is 16.5. The lowest BCUT2D eigenvalue weighted by molar-refractivity contribution is 0.250. The molecule has 0 spiro atoms. The molecule has 1 aliphatic heterocycles. The van der Waals surface area contributed by atoms with Crippen molar-refractivity contribution in [3.05, 3.63) is 5.89 Å². The van der Waals surface area contributed by atoms with Crippen molar-refractivity contribution in [1.29, 1.82) is 0 Å². The molecule has 0 radical (unpaired) electrons. The Hall–Kier alpha value is -1.10. The number of nitrogens with zero attached hydrogens (tertiary/aromatic N) is 3. The summed E-state index contributed by atoms with van der Waals surface area (Å²) in [6, 6.07) is 0. The fourth-order valence-electron chi connectivity index (χ4n) is 2.49. The molecule has 0 bridgehead atoms. The van der Waals surface area contributed by atoms with E-state index in [2.05, 4.69) is 41.1 Å². The van der Waals surface area contributed by atoms with E-state index in [9.17, 15) is 0 Å². The molecule has 1 aromatic heterocycles. The van der Waals surface area contributed by atoms with Gasteiger partial charge in [-0.3, -0.25) is 0 Å². The number of anilines is 1. The quantitative estimate of drug-likeness (QED) is 0.849. The first-order valence-electron chi connectivity index (χ1n) is 6.60. The summed E-state index contributed by atoms with van der Waals surface area (Å²) >= 11 is 0. The normalized spacial score (nSPS) is 24.2. The van der Waals surface area contributed by atoms with E-state index in [1.165, 1.54) is 6.42 Å². The van der Waals surface area contributed by atoms with Crippen molar-refractivity contribution in [2.75, 3.05) is 24.5 Å². The molecule has 1 unspecified atom stereocenters. The van der Waals surface area contributed by atoms with Gasteiger partial charge in [-0.2, -0.15) is 4.98 Å². The summed E-state index contributed by atoms with van der Waals surface area (Å²) in [7, 11) is 0. The second-order valence-electron chi connectivity index (χ2n) is 4.54. The summed E-state index contributed by atoms with van der Waals surface area (Å²) in [4.78, 5) is 6.67. The second-order valence-corrected chi connectivity index (χ2v) is 4.54. The third-order valence-corrected chi connectivity index (χ3v) is 3.72. The van der Waals surface area contributed by atoms with Crippen molar-refractivity contribution in [2.45, 2.75) is 45.6 Å². The van der Waals surface area contributed by atoms with Gasteiger partial charge >= 0.3 is 0 Å². The average Bonchev–Trinajstić information content (AvgIpc) is 2.99. The summed E-state index contributed by atoms with van der Waals surface area (Å²) in [5.74, 6) is 1.46. The van der Waals surface area contributed by atoms with Crippen molar-refractivity contribution in [1.82, 2.24) is 15.5 Å². The minimum absolute atomic E-state index is 0.0849. The molecule has 17 heavy (non-hydrogen) atoms. The molecular weight excluding hydrogens is 216 g/mol. The molecule has 2 heterocycles. The molecule has 96 valence electrons. The topological polar surface area (TPSA) is 54.2 Å². The Bertz CT molecular complexity index is 353. The number of hydrogen-bond donors (Lipinski definition) is 1. The monoisotopic (exact) mass is 238 g/mol. The van der Waals surface area contributed by atoms with Crippen molar-refractivity contribution in [3.63, 3.8) is 0 Å². The maximum Gasteiger partial charge on any atom is 0.266 e. The van der Waals surface area contributed by atoms with Gasteiger partial charge in [0.1, 0.15) is 0 Å². The van der Waals surface area contributed by atoms with Gasteiger partial charge in [0.25, 0.3) is 5.95 Å². The number of nitrogens with one attached hydrogen (secondary N) is 1. The maximum absolute atomic E-state index is 5.46. The van der Waals surface area contributed by atoms with Gasteiger partial charge in [-0.1, -0.05) is 6.92 Å². The SMILES string of the molecule is CCN(CC)c1noc(C2(CC)CCCN2)n1. The Labute approximate surface area is 103 Å². The van der Waals surface area contributed by atoms with Crippen LogP contribution in [0, 0.1) is 0 Å². The minimum Gasteiger partial charge on any atom is -0.339 e. The Balaban J connectivity index is 2.22. The molecule has 5 heteroatoms. The van der Waals surface area contributed by atoms with Crippen LogP contribution in [0.1, 0.15) is 45.9 Å². The van der Waals surface area contributed by atoms with E-state index in [1.807, 2.05) is 0 Å². The highest BCUT2D eigenvalue weighted by Crippen LogP contribution is 2.33. The summed E-state index contributed by atoms with van der Waals surface area (Å²) in [5, 5.41) is 7.61. The van der Waals surface area contributed by atoms with Gasteiger partial charge < -0.3 is 14.7 Å². The Morgan fingerprint density at radius 3 is 2.65 bits per heavy atom. The Morgan fingerprint density at radius 1 is 1.35 bits per heavy atom. The van der Waals surface area contributed by atoms with E-state index < -0.39 is 0 Å². The van der Waals surface area contributed by atoms with Crippen molar-refractivity contribution < 1.29 is 4.52 Å². The summed E-state index contributed by atoms with van der Waals surface area (Å²) < 4.78 is 5.46. The fourth-order valence-corrected chi connectivity index (χ4v) is 2.49. The van der Waals surface area contributed by atoms with Crippen LogP contribution in [-0.2, 0) is 5.54 Å². The van der Waals surface area contributed by atoms with E-state index in [1.54, 1.807) is 0 Å². The molecular formula is C12H22N4O. The van der Waals surface area contributed by atoms with Gasteiger partial charge in [0.15, 0.2) is 0 Å². The van der Waals surface area contributed by atoms with Crippen LogP contribution in [0.15, 0.2) is 4.52 Å². The lowest BCUT2D eigenvalue weighted by Gasteiger charge is -2.23. The van der Waals surface area contributed by atoms with Gasteiger partial charge in [0.05, 0.1) is 5.54 Å². The molecule has 0 saturated carbocycles. The van der Waals surface area contributed by atoms with Crippen LogP contribution in [0.4, 0.5) is 5.95 Å². The van der Waals surface area contributed by atoms with Crippen LogP contribution in [0.5, 0.6) is 0 Å². The molecule has 1 saturated heterocycles. The molecule has 1 fully saturated rings. The summed E-state index contributed by atoms with van der Waals surface area (Å²) in [5.41, 5.74) is -0.0849. The zero-order valence-corrected chi connectivity index (χ0v) is 11.0. The predicted molar refractivity (Wildman–Crippen MR) is 67.1 cm³/mol. The van der Waals surface area contributed by atoms with Crippen molar-refractivity contribution in [2.24, 2.45) is 0 Å². The van der Waals surface area contributed by atoms with Crippen LogP contribution in [-0.4, -0.2) is 29.8 Å². The second kappa shape index (κ2) is 5.04. The lowest BCUT2D eigenvalue weighted by atomic mass is 9.94. The summed E-state index contributed by atoms with van der Waals surface area (Å²) in [6.07, 6.45) is 3.26. The largest absolute Gasteiger partial charge is 0.339 e. The molecule has 1 atom stereocenters. The van der Waals surface area contributed by atoms with E-state index in [-0.39, 0.29) is 5.54 Å². The lowest BCUT2D eigenvalue weighted by Crippen LogP contribution is -2.36. The van der Waals surface area contributed by atoms with Gasteiger partial charge in [-0.05, 0) is 44.8 Å². The van der Waals surface area contributed by atoms with Crippen LogP contribution < -0.4 is 10.2 Å². The standard InChI is InChI=1S/C12H22N4O/c1-4-12(8-7-9-13-12)10-14-11(15-17-10)16(5-2)6-3/h13H,4-9H2,1-3H3. The van der Waals surface area contributed by atoms with Crippen LogP contribution >= 0.6 is 0 Å². The fraction of sp³-hybridized carbons (Fsp3) is 0.833. The zero-order valence-electron chi connectivity index (χ0n) is 11.0. The maximum atomic E-state index is 5.46. The first-order chi connectivity index (χ1) is 8.25. The molecule has 0 amide bonds. The van der Waals surface area contributed by atoms with Gasteiger partial charge in [0.2, 0.25) is 5.89 Å². The Morgan fingerprint density at radius 2 is 2.12 bits per heavy atom. The highest BCUT2D eigenvalue weighted by molar-refractivity contribution is 5.28. The molecule has 0 aliphatic carbocycles. The average molecular weight is 238 g/mol. The van der Waals surface area contributed by atoms with E-state index >= 15 is 0 Å². The van der Waals surface area contributed by atoms with Crippen molar-refractivity contribution in [3.8, 4) is 0 Å². The van der Waals surface area contributed by atoms with Crippen LogP contribution in [0.3, 0.4) is 0 Å².